The maximum Gasteiger partial charge on any atom is 0.137 e. The molecular weight excluding hydrogens is 186 g/mol. The van der Waals surface area contributed by atoms with Gasteiger partial charge in [-0.25, -0.2) is 0 Å². The molecule has 2 aromatic rings. The van der Waals surface area contributed by atoms with Crippen LogP contribution in [0.3, 0.4) is 0 Å². The van der Waals surface area contributed by atoms with Crippen molar-refractivity contribution in [3.63, 3.8) is 0 Å². The first-order chi connectivity index (χ1) is 7.36. The van der Waals surface area contributed by atoms with Gasteiger partial charge in [-0.15, -0.1) is 0 Å². The number of nitrogens with zero attached hydrogens (tertiary/aromatic N) is 1. The first-order valence-corrected chi connectivity index (χ1v) is 5.39. The minimum Gasteiger partial charge on any atom is -0.361 e. The number of hydrogen-bond acceptors (Lipinski definition) is 2. The summed E-state index contributed by atoms with van der Waals surface area (Å²) in [5, 5.41) is 4.18. The van der Waals surface area contributed by atoms with E-state index >= 15 is 0 Å². The molecule has 1 aliphatic rings. The molecule has 0 saturated carbocycles. The summed E-state index contributed by atoms with van der Waals surface area (Å²) in [4.78, 5) is 0. The summed E-state index contributed by atoms with van der Waals surface area (Å²) < 4.78 is 5.28. The van der Waals surface area contributed by atoms with Crippen molar-refractivity contribution in [1.29, 1.82) is 0 Å². The topological polar surface area (TPSA) is 26.0 Å². The van der Waals surface area contributed by atoms with Gasteiger partial charge in [-0.05, 0) is 31.7 Å². The summed E-state index contributed by atoms with van der Waals surface area (Å²) in [6.45, 7) is 2.00. The van der Waals surface area contributed by atoms with Crippen LogP contribution >= 0.6 is 0 Å². The van der Waals surface area contributed by atoms with Crippen LogP contribution in [0.4, 0.5) is 0 Å². The number of rotatable bonds is 0. The maximum absolute atomic E-state index is 5.28. The van der Waals surface area contributed by atoms with Gasteiger partial charge in [0.1, 0.15) is 11.5 Å². The van der Waals surface area contributed by atoms with Gasteiger partial charge in [0.15, 0.2) is 0 Å². The Labute approximate surface area is 88.9 Å². The van der Waals surface area contributed by atoms with Gasteiger partial charge in [-0.3, -0.25) is 0 Å². The van der Waals surface area contributed by atoms with Crippen molar-refractivity contribution in [2.45, 2.75) is 26.2 Å². The standard InChI is InChI=1S/C13H13NO/c1-9-11-8-4-6-10-5-2-3-7-12(10)13(11)14-15-9/h2-3,5,7H,4,6,8H2,1H3. The third kappa shape index (κ3) is 1.29. The summed E-state index contributed by atoms with van der Waals surface area (Å²) >= 11 is 0. The normalized spacial score (nSPS) is 14.2. The largest absolute Gasteiger partial charge is 0.361 e. The average molecular weight is 199 g/mol. The Morgan fingerprint density at radius 3 is 3.00 bits per heavy atom. The molecule has 3 rings (SSSR count). The Morgan fingerprint density at radius 2 is 2.07 bits per heavy atom. The zero-order chi connectivity index (χ0) is 10.3. The van der Waals surface area contributed by atoms with E-state index in [2.05, 4.69) is 29.4 Å². The molecule has 2 nitrogen and oxygen atoms in total. The number of hydrogen-bond donors (Lipinski definition) is 0. The first kappa shape index (κ1) is 8.72. The molecule has 0 fully saturated rings. The average Bonchev–Trinajstić information content (AvgIpc) is 2.53. The molecule has 1 aliphatic carbocycles. The van der Waals surface area contributed by atoms with E-state index in [-0.39, 0.29) is 0 Å². The summed E-state index contributed by atoms with van der Waals surface area (Å²) in [5.41, 5.74) is 4.99. The van der Waals surface area contributed by atoms with E-state index in [9.17, 15) is 0 Å². The highest BCUT2D eigenvalue weighted by Crippen LogP contribution is 2.32. The van der Waals surface area contributed by atoms with Crippen LogP contribution in [-0.2, 0) is 12.8 Å². The molecule has 76 valence electrons. The Kier molecular flexibility index (Phi) is 1.88. The van der Waals surface area contributed by atoms with E-state index in [0.717, 1.165) is 24.3 Å². The van der Waals surface area contributed by atoms with Gasteiger partial charge in [-0.1, -0.05) is 29.4 Å². The first-order valence-electron chi connectivity index (χ1n) is 5.39. The Hall–Kier alpha value is -1.57. The lowest BCUT2D eigenvalue weighted by Crippen LogP contribution is -1.86. The van der Waals surface area contributed by atoms with Crippen LogP contribution < -0.4 is 0 Å². The second-order valence-electron chi connectivity index (χ2n) is 4.08. The molecule has 0 bridgehead atoms. The predicted octanol–water partition coefficient (Wildman–Crippen LogP) is 3.14. The highest BCUT2D eigenvalue weighted by Gasteiger charge is 2.19. The smallest absolute Gasteiger partial charge is 0.137 e. The minimum atomic E-state index is 0.974. The third-order valence-electron chi connectivity index (χ3n) is 3.13. The van der Waals surface area contributed by atoms with Crippen molar-refractivity contribution in [3.05, 3.63) is 41.2 Å². The molecule has 0 aliphatic heterocycles. The quantitative estimate of drug-likeness (QED) is 0.651. The van der Waals surface area contributed by atoms with Crippen molar-refractivity contribution in [2.24, 2.45) is 0 Å². The van der Waals surface area contributed by atoms with Gasteiger partial charge in [0.2, 0.25) is 0 Å². The van der Waals surface area contributed by atoms with Crippen molar-refractivity contribution in [2.75, 3.05) is 0 Å². The molecule has 0 radical (unpaired) electrons. The van der Waals surface area contributed by atoms with Crippen LogP contribution in [0.5, 0.6) is 0 Å². The molecule has 1 aromatic heterocycles. The zero-order valence-corrected chi connectivity index (χ0v) is 8.79. The molecular formula is C13H13NO. The van der Waals surface area contributed by atoms with Gasteiger partial charge >= 0.3 is 0 Å². The highest BCUT2D eigenvalue weighted by atomic mass is 16.5. The highest BCUT2D eigenvalue weighted by molar-refractivity contribution is 5.68. The molecule has 0 spiro atoms. The fourth-order valence-corrected chi connectivity index (χ4v) is 2.32. The Bertz CT molecular complexity index is 499. The fraction of sp³-hybridized carbons (Fsp3) is 0.308. The van der Waals surface area contributed by atoms with Crippen molar-refractivity contribution < 1.29 is 4.52 Å². The minimum absolute atomic E-state index is 0.974. The second-order valence-corrected chi connectivity index (χ2v) is 4.08. The van der Waals surface area contributed by atoms with E-state index in [4.69, 9.17) is 4.52 Å². The fourth-order valence-electron chi connectivity index (χ4n) is 2.32. The number of aryl methyl sites for hydroxylation is 2. The predicted molar refractivity (Wildman–Crippen MR) is 58.7 cm³/mol. The van der Waals surface area contributed by atoms with Crippen LogP contribution in [0.2, 0.25) is 0 Å². The van der Waals surface area contributed by atoms with E-state index in [1.807, 2.05) is 6.92 Å². The Balaban J connectivity index is 2.27. The van der Waals surface area contributed by atoms with Gasteiger partial charge < -0.3 is 4.52 Å². The summed E-state index contributed by atoms with van der Waals surface area (Å²) in [6, 6.07) is 8.49. The molecule has 0 saturated heterocycles. The number of benzene rings is 1. The van der Waals surface area contributed by atoms with Crippen molar-refractivity contribution in [3.8, 4) is 11.3 Å². The van der Waals surface area contributed by atoms with Gasteiger partial charge in [0, 0.05) is 11.1 Å². The lowest BCUT2D eigenvalue weighted by molar-refractivity contribution is 0.397. The van der Waals surface area contributed by atoms with Crippen LogP contribution in [0, 0.1) is 6.92 Å². The molecule has 1 aromatic carbocycles. The van der Waals surface area contributed by atoms with Gasteiger partial charge in [-0.2, -0.15) is 0 Å². The third-order valence-corrected chi connectivity index (χ3v) is 3.13. The van der Waals surface area contributed by atoms with Crippen LogP contribution in [0.15, 0.2) is 28.8 Å². The maximum atomic E-state index is 5.28. The molecule has 0 atom stereocenters. The van der Waals surface area contributed by atoms with Crippen molar-refractivity contribution in [1.82, 2.24) is 5.16 Å². The zero-order valence-electron chi connectivity index (χ0n) is 8.79. The van der Waals surface area contributed by atoms with Gasteiger partial charge in [0.05, 0.1) is 0 Å². The molecule has 0 unspecified atom stereocenters. The number of fused-ring (bicyclic) bond motifs is 3. The molecule has 1 heterocycles. The van der Waals surface area contributed by atoms with Crippen molar-refractivity contribution >= 4 is 0 Å². The summed E-state index contributed by atoms with van der Waals surface area (Å²) in [7, 11) is 0. The second kappa shape index (κ2) is 3.23. The van der Waals surface area contributed by atoms with Crippen LogP contribution in [-0.4, -0.2) is 5.16 Å². The lowest BCUT2D eigenvalue weighted by Gasteiger charge is -2.02. The molecule has 0 N–H and O–H groups in total. The van der Waals surface area contributed by atoms with E-state index in [1.165, 1.54) is 23.1 Å². The van der Waals surface area contributed by atoms with Gasteiger partial charge in [0.25, 0.3) is 0 Å². The van der Waals surface area contributed by atoms with Crippen LogP contribution in [0.1, 0.15) is 23.3 Å². The molecule has 15 heavy (non-hydrogen) atoms. The summed E-state index contributed by atoms with van der Waals surface area (Å²) in [5.74, 6) is 0.974. The van der Waals surface area contributed by atoms with E-state index < -0.39 is 0 Å². The Morgan fingerprint density at radius 1 is 1.20 bits per heavy atom. The van der Waals surface area contributed by atoms with Crippen LogP contribution in [0.25, 0.3) is 11.3 Å². The van der Waals surface area contributed by atoms with E-state index in [0.29, 0.717) is 0 Å². The lowest BCUT2D eigenvalue weighted by atomic mass is 10.0. The monoisotopic (exact) mass is 199 g/mol. The number of aromatic nitrogens is 1. The molecule has 0 amide bonds. The summed E-state index contributed by atoms with van der Waals surface area (Å²) in [6.07, 6.45) is 3.41. The van der Waals surface area contributed by atoms with E-state index in [1.54, 1.807) is 0 Å². The molecule has 2 heteroatoms. The SMILES string of the molecule is Cc1onc2c1CCCc1ccccc1-2.